The molecule has 0 spiro atoms. The standard InChI is InChI=1S/C18H23NO4S/c1-5-22-17(20)15-11(3)19-12(4)16(18(21)23-6-2)14(15)10-13-8-7-9-24-13/h7-9,14,19H,5-6,10H2,1-4H3. The van der Waals surface area contributed by atoms with E-state index in [9.17, 15) is 9.59 Å². The summed E-state index contributed by atoms with van der Waals surface area (Å²) in [6.45, 7) is 7.78. The van der Waals surface area contributed by atoms with Crippen molar-refractivity contribution in [2.75, 3.05) is 13.2 Å². The molecule has 1 N–H and O–H groups in total. The minimum absolute atomic E-state index is 0.290. The molecular formula is C18H23NO4S. The van der Waals surface area contributed by atoms with Crippen LogP contribution in [0.15, 0.2) is 40.1 Å². The third-order valence-electron chi connectivity index (χ3n) is 3.86. The molecule has 0 aromatic carbocycles. The van der Waals surface area contributed by atoms with E-state index in [0.29, 0.717) is 30.8 Å². The Bertz CT molecular complexity index is 633. The molecule has 0 atom stereocenters. The summed E-state index contributed by atoms with van der Waals surface area (Å²) >= 11 is 1.60. The fourth-order valence-corrected chi connectivity index (χ4v) is 3.68. The summed E-state index contributed by atoms with van der Waals surface area (Å²) < 4.78 is 10.4. The minimum Gasteiger partial charge on any atom is -0.463 e. The lowest BCUT2D eigenvalue weighted by atomic mass is 9.82. The van der Waals surface area contributed by atoms with E-state index in [1.807, 2.05) is 31.4 Å². The van der Waals surface area contributed by atoms with Gasteiger partial charge in [0, 0.05) is 22.2 Å². The highest BCUT2D eigenvalue weighted by Crippen LogP contribution is 2.34. The van der Waals surface area contributed by atoms with E-state index in [1.165, 1.54) is 0 Å². The average molecular weight is 349 g/mol. The molecule has 2 rings (SSSR count). The van der Waals surface area contributed by atoms with Crippen molar-refractivity contribution in [3.8, 4) is 0 Å². The second-order valence-electron chi connectivity index (χ2n) is 5.48. The largest absolute Gasteiger partial charge is 0.463 e. The lowest BCUT2D eigenvalue weighted by Gasteiger charge is -2.29. The molecule has 0 bridgehead atoms. The number of esters is 2. The maximum atomic E-state index is 12.5. The van der Waals surface area contributed by atoms with E-state index in [0.717, 1.165) is 16.3 Å². The van der Waals surface area contributed by atoms with Gasteiger partial charge in [0.2, 0.25) is 0 Å². The van der Waals surface area contributed by atoms with Crippen LogP contribution >= 0.6 is 11.3 Å². The van der Waals surface area contributed by atoms with Crippen LogP contribution in [0.1, 0.15) is 32.6 Å². The molecule has 0 saturated heterocycles. The zero-order valence-corrected chi connectivity index (χ0v) is 15.3. The molecular weight excluding hydrogens is 326 g/mol. The van der Waals surface area contributed by atoms with Gasteiger partial charge in [-0.25, -0.2) is 9.59 Å². The lowest BCUT2D eigenvalue weighted by molar-refractivity contribution is -0.140. The highest BCUT2D eigenvalue weighted by molar-refractivity contribution is 7.09. The van der Waals surface area contributed by atoms with E-state index in [1.54, 1.807) is 25.2 Å². The number of carbonyl (C=O) groups is 2. The summed E-state index contributed by atoms with van der Waals surface area (Å²) in [7, 11) is 0. The molecule has 1 aromatic rings. The van der Waals surface area contributed by atoms with Crippen molar-refractivity contribution in [2.24, 2.45) is 5.92 Å². The minimum atomic E-state index is -0.390. The first-order valence-corrected chi connectivity index (χ1v) is 8.92. The van der Waals surface area contributed by atoms with Crippen LogP contribution < -0.4 is 5.32 Å². The van der Waals surface area contributed by atoms with Crippen molar-refractivity contribution >= 4 is 23.3 Å². The van der Waals surface area contributed by atoms with Crippen LogP contribution in [0.4, 0.5) is 0 Å². The Labute approximate surface area is 146 Å². The Morgan fingerprint density at radius 2 is 1.62 bits per heavy atom. The van der Waals surface area contributed by atoms with Gasteiger partial charge in [-0.05, 0) is 45.6 Å². The third kappa shape index (κ3) is 3.87. The van der Waals surface area contributed by atoms with Gasteiger partial charge >= 0.3 is 11.9 Å². The maximum absolute atomic E-state index is 12.5. The quantitative estimate of drug-likeness (QED) is 0.799. The van der Waals surface area contributed by atoms with E-state index in [-0.39, 0.29) is 5.92 Å². The van der Waals surface area contributed by atoms with E-state index in [4.69, 9.17) is 9.47 Å². The van der Waals surface area contributed by atoms with E-state index >= 15 is 0 Å². The monoisotopic (exact) mass is 349 g/mol. The second-order valence-corrected chi connectivity index (χ2v) is 6.51. The number of allylic oxidation sites excluding steroid dienone is 2. The summed E-state index contributed by atoms with van der Waals surface area (Å²) in [5.41, 5.74) is 2.44. The molecule has 0 radical (unpaired) electrons. The van der Waals surface area contributed by atoms with Crippen molar-refractivity contribution in [1.29, 1.82) is 0 Å². The maximum Gasteiger partial charge on any atom is 0.336 e. The molecule has 0 amide bonds. The molecule has 0 unspecified atom stereocenters. The van der Waals surface area contributed by atoms with Crippen LogP contribution in [0.5, 0.6) is 0 Å². The normalized spacial score (nSPS) is 15.3. The highest BCUT2D eigenvalue weighted by Gasteiger charge is 2.36. The molecule has 1 aliphatic rings. The first-order chi connectivity index (χ1) is 11.5. The van der Waals surface area contributed by atoms with Crippen molar-refractivity contribution in [3.05, 3.63) is 44.9 Å². The number of nitrogens with one attached hydrogen (secondary N) is 1. The highest BCUT2D eigenvalue weighted by atomic mass is 32.1. The van der Waals surface area contributed by atoms with Gasteiger partial charge in [-0.1, -0.05) is 6.07 Å². The van der Waals surface area contributed by atoms with Crippen molar-refractivity contribution in [3.63, 3.8) is 0 Å². The predicted molar refractivity (Wildman–Crippen MR) is 93.3 cm³/mol. The number of hydrogen-bond donors (Lipinski definition) is 1. The number of hydrogen-bond acceptors (Lipinski definition) is 6. The van der Waals surface area contributed by atoms with Crippen LogP contribution in [0.2, 0.25) is 0 Å². The topological polar surface area (TPSA) is 64.6 Å². The van der Waals surface area contributed by atoms with Crippen LogP contribution in [-0.2, 0) is 25.5 Å². The Morgan fingerprint density at radius 1 is 1.08 bits per heavy atom. The predicted octanol–water partition coefficient (Wildman–Crippen LogP) is 3.18. The fourth-order valence-electron chi connectivity index (χ4n) is 2.93. The Morgan fingerprint density at radius 3 is 2.04 bits per heavy atom. The van der Waals surface area contributed by atoms with Crippen LogP contribution in [0.25, 0.3) is 0 Å². The summed E-state index contributed by atoms with van der Waals surface area (Å²) in [4.78, 5) is 26.1. The first kappa shape index (κ1) is 18.3. The second kappa shape index (κ2) is 8.15. The number of ether oxygens (including phenoxy) is 2. The summed E-state index contributed by atoms with van der Waals surface area (Å²) in [6, 6.07) is 3.96. The smallest absolute Gasteiger partial charge is 0.336 e. The molecule has 0 fully saturated rings. The summed E-state index contributed by atoms with van der Waals surface area (Å²) in [5, 5.41) is 5.11. The molecule has 2 heterocycles. The molecule has 6 heteroatoms. The Balaban J connectivity index is 2.45. The molecule has 0 aliphatic carbocycles. The molecule has 24 heavy (non-hydrogen) atoms. The number of dihydropyridines is 1. The molecule has 5 nitrogen and oxygen atoms in total. The number of carbonyl (C=O) groups excluding carboxylic acids is 2. The number of thiophene rings is 1. The van der Waals surface area contributed by atoms with E-state index < -0.39 is 11.9 Å². The van der Waals surface area contributed by atoms with Crippen molar-refractivity contribution < 1.29 is 19.1 Å². The molecule has 130 valence electrons. The summed E-state index contributed by atoms with van der Waals surface area (Å²) in [6.07, 6.45) is 0.566. The fraction of sp³-hybridized carbons (Fsp3) is 0.444. The zero-order chi connectivity index (χ0) is 17.7. The van der Waals surface area contributed by atoms with Gasteiger partial charge in [0.15, 0.2) is 0 Å². The molecule has 0 saturated carbocycles. The van der Waals surface area contributed by atoms with E-state index in [2.05, 4.69) is 5.32 Å². The van der Waals surface area contributed by atoms with Gasteiger partial charge in [0.25, 0.3) is 0 Å². The number of rotatable bonds is 6. The molecule has 1 aliphatic heterocycles. The zero-order valence-electron chi connectivity index (χ0n) is 14.5. The van der Waals surface area contributed by atoms with Gasteiger partial charge < -0.3 is 14.8 Å². The van der Waals surface area contributed by atoms with Gasteiger partial charge in [0.05, 0.1) is 24.4 Å². The van der Waals surface area contributed by atoms with Crippen LogP contribution in [-0.4, -0.2) is 25.2 Å². The SMILES string of the molecule is CCOC(=O)C1=C(C)NC(C)=C(C(=O)OCC)C1Cc1cccs1. The van der Waals surface area contributed by atoms with Crippen molar-refractivity contribution in [1.82, 2.24) is 5.32 Å². The Hall–Kier alpha value is -2.08. The van der Waals surface area contributed by atoms with Gasteiger partial charge in [-0.3, -0.25) is 0 Å². The van der Waals surface area contributed by atoms with Crippen molar-refractivity contribution in [2.45, 2.75) is 34.1 Å². The first-order valence-electron chi connectivity index (χ1n) is 8.04. The van der Waals surface area contributed by atoms with Gasteiger partial charge in [-0.15, -0.1) is 11.3 Å². The van der Waals surface area contributed by atoms with Crippen LogP contribution in [0, 0.1) is 5.92 Å². The van der Waals surface area contributed by atoms with Crippen LogP contribution in [0.3, 0.4) is 0 Å². The Kier molecular flexibility index (Phi) is 6.20. The molecule has 1 aromatic heterocycles. The summed E-state index contributed by atoms with van der Waals surface area (Å²) in [5.74, 6) is -1.15. The van der Waals surface area contributed by atoms with Gasteiger partial charge in [-0.2, -0.15) is 0 Å². The lowest BCUT2D eigenvalue weighted by Crippen LogP contribution is -2.34. The average Bonchev–Trinajstić information content (AvgIpc) is 3.00. The van der Waals surface area contributed by atoms with Gasteiger partial charge in [0.1, 0.15) is 0 Å². The third-order valence-corrected chi connectivity index (χ3v) is 4.75.